The van der Waals surface area contributed by atoms with E-state index in [4.69, 9.17) is 0 Å². The predicted molar refractivity (Wildman–Crippen MR) is 75.9 cm³/mol. The minimum Gasteiger partial charge on any atom is -0.215 e. The Balaban J connectivity index is 2.40. The number of hydrogen-bond donors (Lipinski definition) is 1. The standard InChI is InChI=1S/C12H24BrNO2S/c1-12(2,9-13)10-14-17(15,16)8-11-6-4-3-5-7-11/h11,14H,3-10H2,1-2H3. The Labute approximate surface area is 114 Å². The van der Waals surface area contributed by atoms with Crippen molar-refractivity contribution in [1.82, 2.24) is 4.72 Å². The van der Waals surface area contributed by atoms with Crippen LogP contribution in [0.3, 0.4) is 0 Å². The highest BCUT2D eigenvalue weighted by Crippen LogP contribution is 2.25. The summed E-state index contributed by atoms with van der Waals surface area (Å²) in [4.78, 5) is 0. The average Bonchev–Trinajstić information content (AvgIpc) is 2.28. The van der Waals surface area contributed by atoms with Crippen LogP contribution in [0.25, 0.3) is 0 Å². The van der Waals surface area contributed by atoms with E-state index in [0.29, 0.717) is 18.2 Å². The van der Waals surface area contributed by atoms with Crippen LogP contribution in [0.1, 0.15) is 46.0 Å². The average molecular weight is 326 g/mol. The molecule has 0 aliphatic heterocycles. The zero-order valence-corrected chi connectivity index (χ0v) is 13.2. The lowest BCUT2D eigenvalue weighted by Crippen LogP contribution is -2.37. The molecule has 102 valence electrons. The zero-order valence-electron chi connectivity index (χ0n) is 10.8. The molecule has 5 heteroatoms. The van der Waals surface area contributed by atoms with E-state index >= 15 is 0 Å². The molecule has 1 aliphatic rings. The lowest BCUT2D eigenvalue weighted by atomic mass is 9.91. The highest BCUT2D eigenvalue weighted by atomic mass is 79.9. The van der Waals surface area contributed by atoms with Crippen molar-refractivity contribution in [2.45, 2.75) is 46.0 Å². The van der Waals surface area contributed by atoms with Gasteiger partial charge in [-0.25, -0.2) is 13.1 Å². The summed E-state index contributed by atoms with van der Waals surface area (Å²) in [6.45, 7) is 4.60. The normalized spacial score (nSPS) is 19.5. The van der Waals surface area contributed by atoms with Gasteiger partial charge >= 0.3 is 0 Å². The van der Waals surface area contributed by atoms with Crippen molar-refractivity contribution in [3.05, 3.63) is 0 Å². The Bertz CT molecular complexity index is 321. The van der Waals surface area contributed by atoms with Crippen LogP contribution in [-0.2, 0) is 10.0 Å². The predicted octanol–water partition coefficient (Wildman–Crippen LogP) is 2.91. The van der Waals surface area contributed by atoms with Crippen LogP contribution in [0, 0.1) is 11.3 Å². The van der Waals surface area contributed by atoms with E-state index in [9.17, 15) is 8.42 Å². The van der Waals surface area contributed by atoms with Gasteiger partial charge in [0.1, 0.15) is 0 Å². The summed E-state index contributed by atoms with van der Waals surface area (Å²) in [7, 11) is -3.10. The Hall–Kier alpha value is 0.390. The summed E-state index contributed by atoms with van der Waals surface area (Å²) < 4.78 is 26.6. The van der Waals surface area contributed by atoms with Gasteiger partial charge in [0, 0.05) is 11.9 Å². The topological polar surface area (TPSA) is 46.2 Å². The van der Waals surface area contributed by atoms with Crippen LogP contribution in [0.5, 0.6) is 0 Å². The molecule has 1 saturated carbocycles. The van der Waals surface area contributed by atoms with Crippen molar-refractivity contribution in [2.24, 2.45) is 11.3 Å². The molecule has 0 unspecified atom stereocenters. The van der Waals surface area contributed by atoms with E-state index in [2.05, 4.69) is 20.7 Å². The van der Waals surface area contributed by atoms with Gasteiger partial charge in [-0.3, -0.25) is 0 Å². The molecule has 0 atom stereocenters. The second-order valence-corrected chi connectivity index (χ2v) is 8.32. The minimum atomic E-state index is -3.10. The maximum atomic E-state index is 11.9. The van der Waals surface area contributed by atoms with E-state index in [1.807, 2.05) is 13.8 Å². The summed E-state index contributed by atoms with van der Waals surface area (Å²) in [5, 5.41) is 0.798. The fraction of sp³-hybridized carbons (Fsp3) is 1.00. The van der Waals surface area contributed by atoms with E-state index in [1.165, 1.54) is 19.3 Å². The van der Waals surface area contributed by atoms with Crippen molar-refractivity contribution >= 4 is 26.0 Å². The number of halogens is 1. The lowest BCUT2D eigenvalue weighted by molar-refractivity contribution is 0.380. The molecule has 1 N–H and O–H groups in total. The van der Waals surface area contributed by atoms with Gasteiger partial charge in [-0.05, 0) is 24.2 Å². The summed E-state index contributed by atoms with van der Waals surface area (Å²) >= 11 is 3.40. The van der Waals surface area contributed by atoms with Gasteiger partial charge in [0.15, 0.2) is 0 Å². The number of nitrogens with one attached hydrogen (secondary N) is 1. The highest BCUT2D eigenvalue weighted by molar-refractivity contribution is 9.09. The van der Waals surface area contributed by atoms with Crippen LogP contribution in [0.2, 0.25) is 0 Å². The van der Waals surface area contributed by atoms with Crippen molar-refractivity contribution < 1.29 is 8.42 Å². The Morgan fingerprint density at radius 1 is 1.24 bits per heavy atom. The molecular weight excluding hydrogens is 302 g/mol. The zero-order chi connectivity index (χ0) is 12.9. The maximum Gasteiger partial charge on any atom is 0.211 e. The molecule has 0 heterocycles. The van der Waals surface area contributed by atoms with Gasteiger partial charge in [-0.2, -0.15) is 0 Å². The maximum absolute atomic E-state index is 11.9. The van der Waals surface area contributed by atoms with E-state index < -0.39 is 10.0 Å². The molecule has 0 spiro atoms. The molecule has 0 aromatic rings. The van der Waals surface area contributed by atoms with Crippen LogP contribution in [-0.4, -0.2) is 26.0 Å². The smallest absolute Gasteiger partial charge is 0.211 e. The van der Waals surface area contributed by atoms with Gasteiger partial charge in [0.25, 0.3) is 0 Å². The van der Waals surface area contributed by atoms with Crippen molar-refractivity contribution in [2.75, 3.05) is 17.6 Å². The molecule has 1 fully saturated rings. The number of sulfonamides is 1. The molecule has 1 aliphatic carbocycles. The number of hydrogen-bond acceptors (Lipinski definition) is 2. The van der Waals surface area contributed by atoms with Crippen molar-refractivity contribution in [3.63, 3.8) is 0 Å². The lowest BCUT2D eigenvalue weighted by Gasteiger charge is -2.24. The van der Waals surface area contributed by atoms with Gasteiger partial charge in [0.05, 0.1) is 5.75 Å². The van der Waals surface area contributed by atoms with Crippen LogP contribution < -0.4 is 4.72 Å². The minimum absolute atomic E-state index is 0.0281. The fourth-order valence-electron chi connectivity index (χ4n) is 2.08. The van der Waals surface area contributed by atoms with Crippen molar-refractivity contribution in [3.8, 4) is 0 Å². The number of alkyl halides is 1. The fourth-order valence-corrected chi connectivity index (χ4v) is 3.96. The Morgan fingerprint density at radius 3 is 2.35 bits per heavy atom. The third-order valence-corrected chi connectivity index (χ3v) is 6.32. The molecule has 0 aromatic heterocycles. The highest BCUT2D eigenvalue weighted by Gasteiger charge is 2.24. The van der Waals surface area contributed by atoms with Crippen LogP contribution in [0.4, 0.5) is 0 Å². The van der Waals surface area contributed by atoms with Gasteiger partial charge in [-0.15, -0.1) is 0 Å². The largest absolute Gasteiger partial charge is 0.215 e. The van der Waals surface area contributed by atoms with Crippen LogP contribution in [0.15, 0.2) is 0 Å². The molecule has 0 radical (unpaired) electrons. The molecule has 0 aromatic carbocycles. The summed E-state index contributed by atoms with van der Waals surface area (Å²) in [6.07, 6.45) is 5.78. The molecule has 3 nitrogen and oxygen atoms in total. The molecular formula is C12H24BrNO2S. The first-order chi connectivity index (χ1) is 7.85. The van der Waals surface area contributed by atoms with Gasteiger partial charge in [0.2, 0.25) is 10.0 Å². The SMILES string of the molecule is CC(C)(CBr)CNS(=O)(=O)CC1CCCCC1. The van der Waals surface area contributed by atoms with Crippen LogP contribution >= 0.6 is 15.9 Å². The first-order valence-electron chi connectivity index (χ1n) is 6.38. The Morgan fingerprint density at radius 2 is 1.82 bits per heavy atom. The molecule has 0 amide bonds. The van der Waals surface area contributed by atoms with Crippen molar-refractivity contribution in [1.29, 1.82) is 0 Å². The second kappa shape index (κ2) is 6.53. The third-order valence-electron chi connectivity index (χ3n) is 3.31. The first kappa shape index (κ1) is 15.4. The van der Waals surface area contributed by atoms with E-state index in [1.54, 1.807) is 0 Å². The summed E-state index contributed by atoms with van der Waals surface area (Å²) in [5.74, 6) is 0.680. The summed E-state index contributed by atoms with van der Waals surface area (Å²) in [5.41, 5.74) is -0.0281. The Kier molecular flexibility index (Phi) is 5.93. The second-order valence-electron chi connectivity index (χ2n) is 5.90. The van der Waals surface area contributed by atoms with E-state index in [-0.39, 0.29) is 5.41 Å². The third kappa shape index (κ3) is 6.20. The van der Waals surface area contributed by atoms with Gasteiger partial charge < -0.3 is 0 Å². The van der Waals surface area contributed by atoms with Gasteiger partial charge in [-0.1, -0.05) is 49.0 Å². The molecule has 1 rings (SSSR count). The molecule has 17 heavy (non-hydrogen) atoms. The first-order valence-corrected chi connectivity index (χ1v) is 9.15. The monoisotopic (exact) mass is 325 g/mol. The summed E-state index contributed by atoms with van der Waals surface area (Å²) in [6, 6.07) is 0. The quantitative estimate of drug-likeness (QED) is 0.763. The molecule has 0 saturated heterocycles. The molecule has 0 bridgehead atoms. The van der Waals surface area contributed by atoms with E-state index in [0.717, 1.165) is 18.2 Å². The number of rotatable bonds is 6.